The van der Waals surface area contributed by atoms with Crippen LogP contribution in [-0.4, -0.2) is 26.1 Å². The van der Waals surface area contributed by atoms with Gasteiger partial charge in [0.2, 0.25) is 0 Å². The Kier molecular flexibility index (Phi) is 2.57. The predicted molar refractivity (Wildman–Crippen MR) is 46.6 cm³/mol. The van der Waals surface area contributed by atoms with Gasteiger partial charge in [0.25, 0.3) is 0 Å². The van der Waals surface area contributed by atoms with E-state index >= 15 is 0 Å². The van der Waals surface area contributed by atoms with Crippen molar-refractivity contribution in [1.82, 2.24) is 0 Å². The molecule has 1 rings (SSSR count). The number of benzene rings is 1. The van der Waals surface area contributed by atoms with Gasteiger partial charge in [-0.05, 0) is 12.1 Å². The average molecular weight is 218 g/mol. The molecule has 76 valence electrons. The molecule has 1 N–H and O–H groups in total. The topological polar surface area (TPSA) is 71.4 Å². The molecule has 0 spiro atoms. The summed E-state index contributed by atoms with van der Waals surface area (Å²) < 4.78 is 35.1. The van der Waals surface area contributed by atoms with Crippen LogP contribution < -0.4 is 0 Å². The first-order chi connectivity index (χ1) is 6.38. The highest BCUT2D eigenvalue weighted by molar-refractivity contribution is 7.90. The zero-order valence-corrected chi connectivity index (χ0v) is 8.01. The Labute approximate surface area is 79.9 Å². The van der Waals surface area contributed by atoms with Gasteiger partial charge in [-0.3, -0.25) is 4.79 Å². The van der Waals surface area contributed by atoms with Crippen molar-refractivity contribution in [3.63, 3.8) is 0 Å². The van der Waals surface area contributed by atoms with Gasteiger partial charge in [0.1, 0.15) is 4.90 Å². The normalized spacial score (nSPS) is 11.3. The third kappa shape index (κ3) is 1.74. The van der Waals surface area contributed by atoms with Crippen molar-refractivity contribution < 1.29 is 22.7 Å². The van der Waals surface area contributed by atoms with Crippen LogP contribution >= 0.6 is 0 Å². The molecule has 6 heteroatoms. The predicted octanol–water partition coefficient (Wildman–Crippen LogP) is 0.747. The zero-order chi connectivity index (χ0) is 10.9. The van der Waals surface area contributed by atoms with E-state index in [0.29, 0.717) is 0 Å². The lowest BCUT2D eigenvalue weighted by Gasteiger charge is -2.03. The Morgan fingerprint density at radius 3 is 2.43 bits per heavy atom. The van der Waals surface area contributed by atoms with E-state index in [4.69, 9.17) is 5.11 Å². The number of hydrogen-bond acceptors (Lipinski definition) is 4. The fraction of sp³-hybridized carbons (Fsp3) is 0.125. The Hall–Kier alpha value is -1.43. The van der Waals surface area contributed by atoms with Gasteiger partial charge in [0, 0.05) is 6.26 Å². The van der Waals surface area contributed by atoms with Crippen LogP contribution in [0.15, 0.2) is 17.0 Å². The standard InChI is InChI=1S/C8H7FO4S/c1-14(12,13)6-3-2-5(4-10)8(11)7(6)9/h2-4,11H,1H3. The number of phenolic OH excluding ortho intramolecular Hbond substituents is 1. The van der Waals surface area contributed by atoms with Crippen molar-refractivity contribution in [2.75, 3.05) is 6.26 Å². The number of aromatic hydroxyl groups is 1. The third-order valence-corrected chi connectivity index (χ3v) is 2.75. The lowest BCUT2D eigenvalue weighted by atomic mass is 10.2. The van der Waals surface area contributed by atoms with E-state index in [1.165, 1.54) is 0 Å². The largest absolute Gasteiger partial charge is 0.504 e. The van der Waals surface area contributed by atoms with Crippen LogP contribution in [0.2, 0.25) is 0 Å². The van der Waals surface area contributed by atoms with Crippen LogP contribution in [0.25, 0.3) is 0 Å². The van der Waals surface area contributed by atoms with Gasteiger partial charge in [0.05, 0.1) is 5.56 Å². The molecule has 1 aromatic carbocycles. The molecule has 0 saturated heterocycles. The van der Waals surface area contributed by atoms with Gasteiger partial charge in [-0.25, -0.2) is 12.8 Å². The number of phenols is 1. The number of sulfone groups is 1. The highest BCUT2D eigenvalue weighted by Crippen LogP contribution is 2.25. The molecule has 0 bridgehead atoms. The van der Waals surface area contributed by atoms with E-state index < -0.39 is 26.3 Å². The lowest BCUT2D eigenvalue weighted by molar-refractivity contribution is 0.112. The molecule has 0 aliphatic carbocycles. The maximum atomic E-state index is 13.2. The van der Waals surface area contributed by atoms with Crippen LogP contribution in [-0.2, 0) is 9.84 Å². The molecule has 0 aliphatic heterocycles. The second kappa shape index (κ2) is 3.38. The Morgan fingerprint density at radius 1 is 1.43 bits per heavy atom. The molecule has 0 heterocycles. The first kappa shape index (κ1) is 10.6. The summed E-state index contributed by atoms with van der Waals surface area (Å²) in [6.45, 7) is 0. The summed E-state index contributed by atoms with van der Waals surface area (Å²) in [5.41, 5.74) is -0.282. The molecule has 0 radical (unpaired) electrons. The molecule has 0 atom stereocenters. The summed E-state index contributed by atoms with van der Waals surface area (Å²) in [6.07, 6.45) is 1.05. The lowest BCUT2D eigenvalue weighted by Crippen LogP contribution is -2.02. The first-order valence-electron chi connectivity index (χ1n) is 3.54. The van der Waals surface area contributed by atoms with Crippen molar-refractivity contribution in [2.24, 2.45) is 0 Å². The van der Waals surface area contributed by atoms with Crippen molar-refractivity contribution >= 4 is 16.1 Å². The van der Waals surface area contributed by atoms with Crippen LogP contribution in [0.3, 0.4) is 0 Å². The fourth-order valence-electron chi connectivity index (χ4n) is 0.942. The number of halogens is 1. The number of hydrogen-bond donors (Lipinski definition) is 1. The number of carbonyl (C=O) groups excluding carboxylic acids is 1. The summed E-state index contributed by atoms with van der Waals surface area (Å²) in [5, 5.41) is 9.07. The summed E-state index contributed by atoms with van der Waals surface area (Å²) in [4.78, 5) is 9.64. The Balaban J connectivity index is 3.54. The van der Waals surface area contributed by atoms with Gasteiger partial charge < -0.3 is 5.11 Å². The monoisotopic (exact) mass is 218 g/mol. The molecule has 0 saturated carbocycles. The van der Waals surface area contributed by atoms with E-state index in [9.17, 15) is 17.6 Å². The van der Waals surface area contributed by atoms with Gasteiger partial charge in [-0.15, -0.1) is 0 Å². The van der Waals surface area contributed by atoms with Crippen molar-refractivity contribution in [1.29, 1.82) is 0 Å². The molecular weight excluding hydrogens is 211 g/mol. The summed E-state index contributed by atoms with van der Waals surface area (Å²) >= 11 is 0. The fourth-order valence-corrected chi connectivity index (χ4v) is 1.68. The Bertz CT molecular complexity index is 478. The number of carbonyl (C=O) groups is 1. The van der Waals surface area contributed by atoms with Gasteiger partial charge in [-0.1, -0.05) is 0 Å². The first-order valence-corrected chi connectivity index (χ1v) is 5.43. The molecule has 0 aromatic heterocycles. The van der Waals surface area contributed by atoms with E-state index in [-0.39, 0.29) is 11.8 Å². The minimum Gasteiger partial charge on any atom is -0.504 e. The number of aldehydes is 1. The molecule has 1 aromatic rings. The van der Waals surface area contributed by atoms with Crippen LogP contribution in [0.4, 0.5) is 4.39 Å². The van der Waals surface area contributed by atoms with Crippen LogP contribution in [0.1, 0.15) is 10.4 Å². The SMILES string of the molecule is CS(=O)(=O)c1ccc(C=O)c(O)c1F. The smallest absolute Gasteiger partial charge is 0.184 e. The quantitative estimate of drug-likeness (QED) is 0.743. The molecule has 0 amide bonds. The minimum absolute atomic E-state index is 0.241. The van der Waals surface area contributed by atoms with Crippen LogP contribution in [0, 0.1) is 5.82 Å². The van der Waals surface area contributed by atoms with Gasteiger partial charge in [-0.2, -0.15) is 0 Å². The molecule has 14 heavy (non-hydrogen) atoms. The molecule has 0 unspecified atom stereocenters. The molecule has 0 aliphatic rings. The van der Waals surface area contributed by atoms with E-state index in [0.717, 1.165) is 18.4 Å². The number of rotatable bonds is 2. The van der Waals surface area contributed by atoms with Gasteiger partial charge >= 0.3 is 0 Å². The van der Waals surface area contributed by atoms with E-state index in [1.54, 1.807) is 0 Å². The second-order valence-electron chi connectivity index (χ2n) is 2.71. The average Bonchev–Trinajstić information content (AvgIpc) is 2.07. The van der Waals surface area contributed by atoms with Crippen LogP contribution in [0.5, 0.6) is 5.75 Å². The third-order valence-electron chi connectivity index (χ3n) is 1.64. The van der Waals surface area contributed by atoms with Crippen molar-refractivity contribution in [3.05, 3.63) is 23.5 Å². The van der Waals surface area contributed by atoms with Crippen molar-refractivity contribution in [2.45, 2.75) is 4.90 Å². The second-order valence-corrected chi connectivity index (χ2v) is 4.69. The zero-order valence-electron chi connectivity index (χ0n) is 7.19. The van der Waals surface area contributed by atoms with Crippen molar-refractivity contribution in [3.8, 4) is 5.75 Å². The highest BCUT2D eigenvalue weighted by Gasteiger charge is 2.18. The van der Waals surface area contributed by atoms with E-state index in [2.05, 4.69) is 0 Å². The van der Waals surface area contributed by atoms with Gasteiger partial charge in [0.15, 0.2) is 27.7 Å². The summed E-state index contributed by atoms with van der Waals surface area (Å²) in [6, 6.07) is 1.98. The summed E-state index contributed by atoms with van der Waals surface area (Å²) in [7, 11) is -3.73. The molecular formula is C8H7FO4S. The van der Waals surface area contributed by atoms with E-state index in [1.807, 2.05) is 0 Å². The maximum Gasteiger partial charge on any atom is 0.184 e. The highest BCUT2D eigenvalue weighted by atomic mass is 32.2. The minimum atomic E-state index is -3.73. The maximum absolute atomic E-state index is 13.2. The molecule has 0 fully saturated rings. The Morgan fingerprint density at radius 2 is 2.00 bits per heavy atom. The summed E-state index contributed by atoms with van der Waals surface area (Å²) in [5.74, 6) is -2.24. The molecule has 4 nitrogen and oxygen atoms in total.